The van der Waals surface area contributed by atoms with Gasteiger partial charge in [0.2, 0.25) is 0 Å². The highest BCUT2D eigenvalue weighted by atomic mass is 35.5. The van der Waals surface area contributed by atoms with Crippen LogP contribution in [0.4, 0.5) is 0 Å². The molecule has 0 saturated carbocycles. The van der Waals surface area contributed by atoms with Crippen LogP contribution in [0.1, 0.15) is 18.5 Å². The summed E-state index contributed by atoms with van der Waals surface area (Å²) in [5.41, 5.74) is 1.37. The van der Waals surface area contributed by atoms with E-state index in [1.165, 1.54) is 5.56 Å². The van der Waals surface area contributed by atoms with Crippen molar-refractivity contribution in [2.45, 2.75) is 13.0 Å². The van der Waals surface area contributed by atoms with Gasteiger partial charge in [-0.2, -0.15) is 0 Å². The summed E-state index contributed by atoms with van der Waals surface area (Å²) in [6, 6.07) is 11.0. The second-order valence-electron chi connectivity index (χ2n) is 3.05. The third-order valence-corrected chi connectivity index (χ3v) is 2.06. The van der Waals surface area contributed by atoms with Crippen LogP contribution in [0.3, 0.4) is 0 Å². The Bertz CT molecular complexity index is 208. The van der Waals surface area contributed by atoms with Crippen molar-refractivity contribution < 1.29 is 0 Å². The van der Waals surface area contributed by atoms with E-state index in [-0.39, 0.29) is 12.4 Å². The standard InChI is InChI=1S/C10H15N.ClH/c1-9(11(2)3)10-7-5-4-6-8-10;/h4-9H,1-3H3;1H/t9-;/m0./s1. The number of halogens is 1. The van der Waals surface area contributed by atoms with Crippen LogP contribution >= 0.6 is 12.4 Å². The fourth-order valence-electron chi connectivity index (χ4n) is 1.03. The third kappa shape index (κ3) is 2.84. The van der Waals surface area contributed by atoms with Crippen molar-refractivity contribution in [3.63, 3.8) is 0 Å². The molecular formula is C10H16ClN. The molecule has 0 aliphatic rings. The van der Waals surface area contributed by atoms with Crippen molar-refractivity contribution in [2.75, 3.05) is 14.1 Å². The maximum atomic E-state index is 2.20. The molecule has 0 spiro atoms. The molecule has 2 heteroatoms. The van der Waals surface area contributed by atoms with E-state index in [2.05, 4.69) is 50.2 Å². The van der Waals surface area contributed by atoms with E-state index in [4.69, 9.17) is 0 Å². The van der Waals surface area contributed by atoms with Gasteiger partial charge in [-0.25, -0.2) is 0 Å². The average molecular weight is 186 g/mol. The molecule has 0 radical (unpaired) electrons. The Kier molecular flexibility index (Phi) is 4.95. The van der Waals surface area contributed by atoms with E-state index in [1.807, 2.05) is 6.07 Å². The minimum Gasteiger partial charge on any atom is -0.303 e. The molecule has 1 atom stereocenters. The Morgan fingerprint density at radius 3 is 2.00 bits per heavy atom. The predicted molar refractivity (Wildman–Crippen MR) is 55.8 cm³/mol. The average Bonchev–Trinajstić information content (AvgIpc) is 2.05. The molecule has 0 aromatic heterocycles. The first-order valence-electron chi connectivity index (χ1n) is 3.93. The van der Waals surface area contributed by atoms with Crippen LogP contribution in [0.5, 0.6) is 0 Å². The van der Waals surface area contributed by atoms with Crippen LogP contribution in [0, 0.1) is 0 Å². The largest absolute Gasteiger partial charge is 0.303 e. The summed E-state index contributed by atoms with van der Waals surface area (Å²) in [7, 11) is 4.19. The van der Waals surface area contributed by atoms with Crippen molar-refractivity contribution in [3.8, 4) is 0 Å². The monoisotopic (exact) mass is 185 g/mol. The van der Waals surface area contributed by atoms with Crippen LogP contribution in [-0.4, -0.2) is 19.0 Å². The zero-order valence-corrected chi connectivity index (χ0v) is 8.64. The number of hydrogen-bond acceptors (Lipinski definition) is 1. The third-order valence-electron chi connectivity index (χ3n) is 2.06. The molecule has 1 rings (SSSR count). The summed E-state index contributed by atoms with van der Waals surface area (Å²) in [4.78, 5) is 2.20. The van der Waals surface area contributed by atoms with Gasteiger partial charge < -0.3 is 4.90 Å². The number of benzene rings is 1. The van der Waals surface area contributed by atoms with Gasteiger partial charge in [-0.3, -0.25) is 0 Å². The molecule has 68 valence electrons. The summed E-state index contributed by atoms with van der Waals surface area (Å²) >= 11 is 0. The Labute approximate surface area is 80.8 Å². The van der Waals surface area contributed by atoms with Crippen molar-refractivity contribution in [3.05, 3.63) is 35.9 Å². The summed E-state index contributed by atoms with van der Waals surface area (Å²) in [5, 5.41) is 0. The Morgan fingerprint density at radius 1 is 1.08 bits per heavy atom. The summed E-state index contributed by atoms with van der Waals surface area (Å²) in [6.45, 7) is 2.20. The van der Waals surface area contributed by atoms with Gasteiger partial charge in [0.05, 0.1) is 0 Å². The highest BCUT2D eigenvalue weighted by Gasteiger charge is 2.04. The van der Waals surface area contributed by atoms with E-state index in [9.17, 15) is 0 Å². The maximum absolute atomic E-state index is 2.20. The number of rotatable bonds is 2. The van der Waals surface area contributed by atoms with Gasteiger partial charge in [-0.1, -0.05) is 30.3 Å². The topological polar surface area (TPSA) is 3.24 Å². The smallest absolute Gasteiger partial charge is 0.0313 e. The molecule has 1 aromatic carbocycles. The van der Waals surface area contributed by atoms with Crippen LogP contribution in [0.15, 0.2) is 30.3 Å². The Balaban J connectivity index is 0.00000121. The van der Waals surface area contributed by atoms with Crippen LogP contribution in [0.2, 0.25) is 0 Å². The zero-order valence-electron chi connectivity index (χ0n) is 7.82. The molecule has 0 N–H and O–H groups in total. The van der Waals surface area contributed by atoms with Gasteiger partial charge in [0.15, 0.2) is 0 Å². The van der Waals surface area contributed by atoms with Crippen molar-refractivity contribution in [2.24, 2.45) is 0 Å². The lowest BCUT2D eigenvalue weighted by molar-refractivity contribution is 0.321. The van der Waals surface area contributed by atoms with Crippen molar-refractivity contribution >= 4 is 12.4 Å². The number of hydrogen-bond donors (Lipinski definition) is 0. The van der Waals surface area contributed by atoms with Crippen LogP contribution in [-0.2, 0) is 0 Å². The molecule has 0 amide bonds. The number of nitrogens with zero attached hydrogens (tertiary/aromatic N) is 1. The lowest BCUT2D eigenvalue weighted by Gasteiger charge is -2.19. The van der Waals surface area contributed by atoms with E-state index >= 15 is 0 Å². The summed E-state index contributed by atoms with van der Waals surface area (Å²) in [5.74, 6) is 0. The molecule has 0 aliphatic carbocycles. The highest BCUT2D eigenvalue weighted by molar-refractivity contribution is 5.85. The van der Waals surface area contributed by atoms with Gasteiger partial charge in [0, 0.05) is 6.04 Å². The molecule has 0 unspecified atom stereocenters. The van der Waals surface area contributed by atoms with Gasteiger partial charge >= 0.3 is 0 Å². The minimum atomic E-state index is 0. The van der Waals surface area contributed by atoms with E-state index in [1.54, 1.807) is 0 Å². The maximum Gasteiger partial charge on any atom is 0.0313 e. The highest BCUT2D eigenvalue weighted by Crippen LogP contribution is 2.15. The van der Waals surface area contributed by atoms with E-state index < -0.39 is 0 Å². The van der Waals surface area contributed by atoms with Gasteiger partial charge in [-0.15, -0.1) is 12.4 Å². The molecule has 0 aliphatic heterocycles. The van der Waals surface area contributed by atoms with Gasteiger partial charge in [-0.05, 0) is 26.6 Å². The Morgan fingerprint density at radius 2 is 1.58 bits per heavy atom. The molecule has 1 aromatic rings. The molecule has 0 saturated heterocycles. The first kappa shape index (κ1) is 11.5. The van der Waals surface area contributed by atoms with Gasteiger partial charge in [0.1, 0.15) is 0 Å². The van der Waals surface area contributed by atoms with E-state index in [0.717, 1.165) is 0 Å². The summed E-state index contributed by atoms with van der Waals surface area (Å²) < 4.78 is 0. The molecule has 1 nitrogen and oxygen atoms in total. The van der Waals surface area contributed by atoms with Crippen molar-refractivity contribution in [1.82, 2.24) is 4.90 Å². The quantitative estimate of drug-likeness (QED) is 0.685. The zero-order chi connectivity index (χ0) is 8.27. The first-order chi connectivity index (χ1) is 5.22. The summed E-state index contributed by atoms with van der Waals surface area (Å²) in [6.07, 6.45) is 0. The molecule has 12 heavy (non-hydrogen) atoms. The van der Waals surface area contributed by atoms with Crippen LogP contribution in [0.25, 0.3) is 0 Å². The fraction of sp³-hybridized carbons (Fsp3) is 0.400. The van der Waals surface area contributed by atoms with Crippen LogP contribution < -0.4 is 0 Å². The predicted octanol–water partition coefficient (Wildman–Crippen LogP) is 2.73. The fourth-order valence-corrected chi connectivity index (χ4v) is 1.03. The Hall–Kier alpha value is -0.530. The SMILES string of the molecule is C[C@@H](c1ccccc1)N(C)C.Cl. The van der Waals surface area contributed by atoms with Gasteiger partial charge in [0.25, 0.3) is 0 Å². The molecule has 0 heterocycles. The molecule has 0 fully saturated rings. The second-order valence-corrected chi connectivity index (χ2v) is 3.05. The molecule has 0 bridgehead atoms. The normalized spacial score (nSPS) is 12.3. The second kappa shape index (κ2) is 5.18. The lowest BCUT2D eigenvalue weighted by atomic mass is 10.1. The van der Waals surface area contributed by atoms with Crippen molar-refractivity contribution in [1.29, 1.82) is 0 Å². The molecular weight excluding hydrogens is 170 g/mol. The lowest BCUT2D eigenvalue weighted by Crippen LogP contribution is -2.16. The van der Waals surface area contributed by atoms with E-state index in [0.29, 0.717) is 6.04 Å². The minimum absolute atomic E-state index is 0. The first-order valence-corrected chi connectivity index (χ1v) is 3.93.